The molecule has 180 valence electrons. The number of carboxylic acid groups (broad SMARTS) is 1. The SMILES string of the molecule is CC(C)N(CC(=O)O)C(=O)CC(NC(=O)OCC1c2ccccc2-c2ccccc21)C1CCC1. The summed E-state index contributed by atoms with van der Waals surface area (Å²) in [5.41, 5.74) is 4.61. The fourth-order valence-corrected chi connectivity index (χ4v) is 4.98. The van der Waals surface area contributed by atoms with E-state index in [1.165, 1.54) is 4.90 Å². The topological polar surface area (TPSA) is 95.9 Å². The van der Waals surface area contributed by atoms with Crippen LogP contribution in [0.2, 0.25) is 0 Å². The number of benzene rings is 2. The molecule has 1 atom stereocenters. The molecule has 0 radical (unpaired) electrons. The molecule has 7 nitrogen and oxygen atoms in total. The van der Waals surface area contributed by atoms with E-state index in [0.29, 0.717) is 0 Å². The summed E-state index contributed by atoms with van der Waals surface area (Å²) in [5.74, 6) is -1.16. The van der Waals surface area contributed by atoms with Crippen molar-refractivity contribution < 1.29 is 24.2 Å². The summed E-state index contributed by atoms with van der Waals surface area (Å²) in [4.78, 5) is 38.2. The van der Waals surface area contributed by atoms with Gasteiger partial charge in [0.15, 0.2) is 0 Å². The Morgan fingerprint density at radius 2 is 1.62 bits per heavy atom. The first kappa shape index (κ1) is 23.8. The van der Waals surface area contributed by atoms with Crippen LogP contribution in [-0.4, -0.2) is 53.2 Å². The maximum absolute atomic E-state index is 12.9. The largest absolute Gasteiger partial charge is 0.480 e. The third-order valence-electron chi connectivity index (χ3n) is 7.01. The fraction of sp³-hybridized carbons (Fsp3) is 0.444. The Bertz CT molecular complexity index is 1020. The number of nitrogens with one attached hydrogen (secondary N) is 1. The van der Waals surface area contributed by atoms with Gasteiger partial charge in [0.25, 0.3) is 0 Å². The molecule has 1 saturated carbocycles. The van der Waals surface area contributed by atoms with E-state index >= 15 is 0 Å². The number of nitrogens with zero attached hydrogens (tertiary/aromatic N) is 1. The first-order chi connectivity index (χ1) is 16.3. The summed E-state index contributed by atoms with van der Waals surface area (Å²) in [6.45, 7) is 3.44. The van der Waals surface area contributed by atoms with Gasteiger partial charge in [-0.05, 0) is 54.9 Å². The smallest absolute Gasteiger partial charge is 0.407 e. The van der Waals surface area contributed by atoms with Gasteiger partial charge in [-0.15, -0.1) is 0 Å². The van der Waals surface area contributed by atoms with Gasteiger partial charge in [-0.25, -0.2) is 4.79 Å². The zero-order chi connectivity index (χ0) is 24.2. The standard InChI is InChI=1S/C27H32N2O5/c1-17(2)29(15-26(31)32)25(30)14-24(18-8-7-9-18)28-27(33)34-16-23-21-12-5-3-10-19(21)20-11-4-6-13-22(20)23/h3-6,10-13,17-18,23-24H,7-9,14-16H2,1-2H3,(H,28,33)(H,31,32). The summed E-state index contributed by atoms with van der Waals surface area (Å²) in [7, 11) is 0. The lowest BCUT2D eigenvalue weighted by Crippen LogP contribution is -2.48. The van der Waals surface area contributed by atoms with Crippen LogP contribution < -0.4 is 5.32 Å². The van der Waals surface area contributed by atoms with Crippen molar-refractivity contribution in [1.82, 2.24) is 10.2 Å². The highest BCUT2D eigenvalue weighted by Crippen LogP contribution is 2.44. The van der Waals surface area contributed by atoms with E-state index in [9.17, 15) is 14.4 Å². The van der Waals surface area contributed by atoms with E-state index in [4.69, 9.17) is 9.84 Å². The van der Waals surface area contributed by atoms with Gasteiger partial charge in [-0.2, -0.15) is 0 Å². The van der Waals surface area contributed by atoms with Crippen LogP contribution in [0.3, 0.4) is 0 Å². The average molecular weight is 465 g/mol. The van der Waals surface area contributed by atoms with Gasteiger partial charge in [-0.1, -0.05) is 55.0 Å². The number of carbonyl (C=O) groups is 3. The summed E-state index contributed by atoms with van der Waals surface area (Å²) < 4.78 is 5.67. The predicted octanol–water partition coefficient (Wildman–Crippen LogP) is 4.41. The van der Waals surface area contributed by atoms with Crippen molar-refractivity contribution in [1.29, 1.82) is 0 Å². The molecule has 2 aromatic rings. The van der Waals surface area contributed by atoms with Crippen LogP contribution in [0.15, 0.2) is 48.5 Å². The Hall–Kier alpha value is -3.35. The lowest BCUT2D eigenvalue weighted by atomic mass is 9.78. The maximum atomic E-state index is 12.9. The quantitative estimate of drug-likeness (QED) is 0.573. The second-order valence-corrected chi connectivity index (χ2v) is 9.48. The maximum Gasteiger partial charge on any atom is 0.407 e. The Balaban J connectivity index is 1.40. The molecule has 4 rings (SSSR count). The lowest BCUT2D eigenvalue weighted by molar-refractivity contribution is -0.146. The monoisotopic (exact) mass is 464 g/mol. The van der Waals surface area contributed by atoms with E-state index in [2.05, 4.69) is 29.6 Å². The molecule has 1 fully saturated rings. The van der Waals surface area contributed by atoms with Crippen LogP contribution in [0.1, 0.15) is 56.6 Å². The van der Waals surface area contributed by atoms with Crippen molar-refractivity contribution in [3.63, 3.8) is 0 Å². The number of aliphatic carboxylic acids is 1. The molecule has 0 saturated heterocycles. The number of carbonyl (C=O) groups excluding carboxylic acids is 2. The average Bonchev–Trinajstić information content (AvgIpc) is 3.08. The van der Waals surface area contributed by atoms with Gasteiger partial charge in [-0.3, -0.25) is 9.59 Å². The number of hydrogen-bond acceptors (Lipinski definition) is 4. The van der Waals surface area contributed by atoms with E-state index < -0.39 is 12.1 Å². The van der Waals surface area contributed by atoms with Gasteiger partial charge >= 0.3 is 12.1 Å². The van der Waals surface area contributed by atoms with E-state index in [1.807, 2.05) is 24.3 Å². The molecule has 0 spiro atoms. The van der Waals surface area contributed by atoms with Crippen molar-refractivity contribution in [3.8, 4) is 11.1 Å². The minimum Gasteiger partial charge on any atom is -0.480 e. The molecule has 34 heavy (non-hydrogen) atoms. The highest BCUT2D eigenvalue weighted by Gasteiger charge is 2.34. The number of rotatable bonds is 9. The number of ether oxygens (including phenoxy) is 1. The van der Waals surface area contributed by atoms with Crippen molar-refractivity contribution in [2.75, 3.05) is 13.2 Å². The van der Waals surface area contributed by atoms with Crippen LogP contribution >= 0.6 is 0 Å². The number of alkyl carbamates (subject to hydrolysis) is 1. The molecule has 0 heterocycles. The normalized spacial score (nSPS) is 15.7. The van der Waals surface area contributed by atoms with Gasteiger partial charge in [0.1, 0.15) is 13.2 Å². The van der Waals surface area contributed by atoms with E-state index in [0.717, 1.165) is 41.5 Å². The number of fused-ring (bicyclic) bond motifs is 3. The molecule has 1 unspecified atom stereocenters. The number of amides is 2. The first-order valence-corrected chi connectivity index (χ1v) is 12.0. The first-order valence-electron chi connectivity index (χ1n) is 12.0. The number of carboxylic acids is 1. The van der Waals surface area contributed by atoms with Crippen LogP contribution in [0.25, 0.3) is 11.1 Å². The van der Waals surface area contributed by atoms with E-state index in [1.54, 1.807) is 13.8 Å². The van der Waals surface area contributed by atoms with Gasteiger partial charge in [0, 0.05) is 24.4 Å². The molecule has 0 aromatic heterocycles. The van der Waals surface area contributed by atoms with Crippen LogP contribution in [0, 0.1) is 5.92 Å². The van der Waals surface area contributed by atoms with Crippen LogP contribution in [-0.2, 0) is 14.3 Å². The zero-order valence-electron chi connectivity index (χ0n) is 19.7. The van der Waals surface area contributed by atoms with Crippen LogP contribution in [0.5, 0.6) is 0 Å². The Morgan fingerprint density at radius 3 is 2.12 bits per heavy atom. The molecule has 2 aromatic carbocycles. The molecule has 7 heteroatoms. The highest BCUT2D eigenvalue weighted by atomic mass is 16.5. The van der Waals surface area contributed by atoms with Crippen molar-refractivity contribution in [3.05, 3.63) is 59.7 Å². The summed E-state index contributed by atoms with van der Waals surface area (Å²) in [6.07, 6.45) is 2.45. The van der Waals surface area contributed by atoms with Crippen molar-refractivity contribution >= 4 is 18.0 Å². The molecule has 0 bridgehead atoms. The second-order valence-electron chi connectivity index (χ2n) is 9.48. The Kier molecular flexibility index (Phi) is 7.20. The van der Waals surface area contributed by atoms with Crippen LogP contribution in [0.4, 0.5) is 4.79 Å². The molecular weight excluding hydrogens is 432 g/mol. The summed E-state index contributed by atoms with van der Waals surface area (Å²) >= 11 is 0. The summed E-state index contributed by atoms with van der Waals surface area (Å²) in [6, 6.07) is 15.7. The predicted molar refractivity (Wildman–Crippen MR) is 128 cm³/mol. The summed E-state index contributed by atoms with van der Waals surface area (Å²) in [5, 5.41) is 12.1. The number of hydrogen-bond donors (Lipinski definition) is 2. The molecule has 2 amide bonds. The third-order valence-corrected chi connectivity index (χ3v) is 7.01. The van der Waals surface area contributed by atoms with Gasteiger partial charge < -0.3 is 20.1 Å². The molecular formula is C27H32N2O5. The van der Waals surface area contributed by atoms with E-state index in [-0.39, 0.29) is 49.4 Å². The minimum atomic E-state index is -1.05. The Labute approximate surface area is 200 Å². The fourth-order valence-electron chi connectivity index (χ4n) is 4.98. The molecule has 2 N–H and O–H groups in total. The second kappa shape index (κ2) is 10.3. The zero-order valence-corrected chi connectivity index (χ0v) is 19.7. The Morgan fingerprint density at radius 1 is 1.03 bits per heavy atom. The van der Waals surface area contributed by atoms with Crippen molar-refractivity contribution in [2.45, 2.75) is 57.5 Å². The van der Waals surface area contributed by atoms with Gasteiger partial charge in [0.2, 0.25) is 5.91 Å². The highest BCUT2D eigenvalue weighted by molar-refractivity contribution is 5.83. The van der Waals surface area contributed by atoms with Gasteiger partial charge in [0.05, 0.1) is 0 Å². The lowest BCUT2D eigenvalue weighted by Gasteiger charge is -2.35. The van der Waals surface area contributed by atoms with Crippen molar-refractivity contribution in [2.24, 2.45) is 5.92 Å². The molecule has 2 aliphatic carbocycles. The third kappa shape index (κ3) is 5.08. The molecule has 2 aliphatic rings. The molecule has 0 aliphatic heterocycles. The minimum absolute atomic E-state index is 0.0334.